The number of ether oxygens (including phenoxy) is 1. The van der Waals surface area contributed by atoms with Crippen molar-refractivity contribution in [2.75, 3.05) is 32.8 Å². The van der Waals surface area contributed by atoms with E-state index in [-0.39, 0.29) is 35.8 Å². The topological polar surface area (TPSA) is 167 Å². The number of nitrogens with zero attached hydrogens (tertiary/aromatic N) is 6. The maximum absolute atomic E-state index is 12.8. The third-order valence-electron chi connectivity index (χ3n) is 13.0. The number of nitrogens with one attached hydrogen (secondary N) is 1. The lowest BCUT2D eigenvalue weighted by Crippen LogP contribution is -2.52. The van der Waals surface area contributed by atoms with Gasteiger partial charge in [0.1, 0.15) is 17.6 Å². The Kier molecular flexibility index (Phi) is 11.6. The monoisotopic (exact) mass is 837 g/mol. The van der Waals surface area contributed by atoms with Crippen molar-refractivity contribution in [3.63, 3.8) is 0 Å². The van der Waals surface area contributed by atoms with Gasteiger partial charge >= 0.3 is 0 Å². The SMILES string of the molecule is CC(=O)N1CCn2c(C3CCOCC3)nc(-c3cccc4cc(-c5ccc(O)cc5)ncc34)c2C1.O=C1CCC(N2Cc3c(CCC(=O)N4CCCC4)cccc3C2=O)C(=O)N1. The lowest BCUT2D eigenvalue weighted by molar-refractivity contribution is -0.137. The van der Waals surface area contributed by atoms with E-state index in [9.17, 15) is 29.1 Å². The van der Waals surface area contributed by atoms with Gasteiger partial charge < -0.3 is 29.1 Å². The number of aromatic hydroxyl groups is 1. The molecule has 62 heavy (non-hydrogen) atoms. The highest BCUT2D eigenvalue weighted by molar-refractivity contribution is 6.05. The van der Waals surface area contributed by atoms with Crippen molar-refractivity contribution in [1.29, 1.82) is 0 Å². The molecular formula is C48H51N7O7. The summed E-state index contributed by atoms with van der Waals surface area (Å²) in [6, 6.07) is 20.4. The molecule has 3 saturated heterocycles. The molecule has 5 amide bonds. The van der Waals surface area contributed by atoms with E-state index in [0.717, 1.165) is 114 Å². The van der Waals surface area contributed by atoms with Gasteiger partial charge in [0.15, 0.2) is 0 Å². The van der Waals surface area contributed by atoms with Crippen molar-refractivity contribution in [3.05, 3.63) is 101 Å². The Morgan fingerprint density at radius 2 is 1.63 bits per heavy atom. The Morgan fingerprint density at radius 1 is 0.871 bits per heavy atom. The van der Waals surface area contributed by atoms with E-state index in [4.69, 9.17) is 14.7 Å². The normalized spacial score (nSPS) is 19.0. The fraction of sp³-hybridized carbons (Fsp3) is 0.396. The molecule has 0 saturated carbocycles. The van der Waals surface area contributed by atoms with Crippen molar-refractivity contribution < 1.29 is 33.8 Å². The molecule has 0 aliphatic carbocycles. The van der Waals surface area contributed by atoms with Crippen molar-refractivity contribution in [2.45, 2.75) is 89.9 Å². The first kappa shape index (κ1) is 41.0. The second kappa shape index (κ2) is 17.5. The van der Waals surface area contributed by atoms with E-state index in [1.807, 2.05) is 40.3 Å². The highest BCUT2D eigenvalue weighted by atomic mass is 16.5. The first-order valence-corrected chi connectivity index (χ1v) is 21.8. The van der Waals surface area contributed by atoms with Crippen LogP contribution < -0.4 is 5.32 Å². The van der Waals surface area contributed by atoms with Crippen LogP contribution in [0, 0.1) is 0 Å². The average molecular weight is 838 g/mol. The minimum atomic E-state index is -0.610. The lowest BCUT2D eigenvalue weighted by atomic mass is 9.99. The second-order valence-electron chi connectivity index (χ2n) is 16.8. The molecular weight excluding hydrogens is 787 g/mol. The maximum Gasteiger partial charge on any atom is 0.255 e. The van der Waals surface area contributed by atoms with Gasteiger partial charge in [0.2, 0.25) is 23.6 Å². The number of hydrogen-bond acceptors (Lipinski definition) is 9. The van der Waals surface area contributed by atoms with Crippen molar-refractivity contribution in [1.82, 2.24) is 34.6 Å². The van der Waals surface area contributed by atoms with Gasteiger partial charge in [-0.2, -0.15) is 0 Å². The molecule has 10 rings (SSSR count). The number of amides is 5. The Balaban J connectivity index is 0.000000164. The number of hydrogen-bond donors (Lipinski definition) is 2. The number of imidazole rings is 1. The molecule has 5 aliphatic heterocycles. The standard InChI is InChI=1S/C28H28N4O3.C20H23N3O4/c1-18(33)31-11-12-32-26(17-31)27(30-28(32)20-9-13-35-14-10-20)23-4-2-3-21-15-25(29-16-24(21)23)19-5-7-22(34)8-6-19;24-17-8-7-16(19(26)21-17)23-12-15-13(4-3-5-14(15)20(23)27)6-9-18(25)22-10-1-2-11-22/h2-8,15-16,20,34H,9-14,17H2,1H3;3-5,16H,1-2,6-12H2,(H,21,24,26). The zero-order chi connectivity index (χ0) is 42.9. The molecule has 7 heterocycles. The molecule has 3 aromatic carbocycles. The van der Waals surface area contributed by atoms with Gasteiger partial charge in [0.05, 0.1) is 23.6 Å². The molecule has 0 spiro atoms. The van der Waals surface area contributed by atoms with E-state index in [0.29, 0.717) is 50.4 Å². The summed E-state index contributed by atoms with van der Waals surface area (Å²) in [5.41, 5.74) is 7.39. The Bertz CT molecular complexity index is 2560. The Hall–Kier alpha value is -6.41. The number of benzene rings is 3. The predicted octanol–water partition coefficient (Wildman–Crippen LogP) is 5.73. The number of phenols is 1. The van der Waals surface area contributed by atoms with Crippen LogP contribution in [0.1, 0.15) is 90.8 Å². The van der Waals surface area contributed by atoms with Gasteiger partial charge in [0, 0.05) is 99.9 Å². The predicted molar refractivity (Wildman–Crippen MR) is 231 cm³/mol. The van der Waals surface area contributed by atoms with Gasteiger partial charge in [0.25, 0.3) is 5.91 Å². The van der Waals surface area contributed by atoms with Crippen LogP contribution in [-0.4, -0.2) is 103 Å². The summed E-state index contributed by atoms with van der Waals surface area (Å²) in [4.78, 5) is 76.2. The van der Waals surface area contributed by atoms with Crippen LogP contribution in [-0.2, 0) is 50.0 Å². The number of imide groups is 1. The number of rotatable bonds is 7. The number of likely N-dealkylation sites (tertiary alicyclic amines) is 1. The fourth-order valence-electron chi connectivity index (χ4n) is 9.57. The van der Waals surface area contributed by atoms with Gasteiger partial charge in [-0.05, 0) is 91.4 Å². The van der Waals surface area contributed by atoms with Gasteiger partial charge in [-0.1, -0.05) is 30.3 Å². The molecule has 320 valence electrons. The summed E-state index contributed by atoms with van der Waals surface area (Å²) in [5.74, 6) is 1.11. The van der Waals surface area contributed by atoms with Gasteiger partial charge in [-0.15, -0.1) is 0 Å². The van der Waals surface area contributed by atoms with E-state index < -0.39 is 11.9 Å². The molecule has 5 aromatic rings. The second-order valence-corrected chi connectivity index (χ2v) is 16.8. The number of carbonyl (C=O) groups is 5. The van der Waals surface area contributed by atoms with Crippen molar-refractivity contribution >= 4 is 40.3 Å². The van der Waals surface area contributed by atoms with Crippen molar-refractivity contribution in [2.24, 2.45) is 0 Å². The van der Waals surface area contributed by atoms with Crippen LogP contribution in [0.2, 0.25) is 0 Å². The summed E-state index contributed by atoms with van der Waals surface area (Å²) < 4.78 is 7.95. The molecule has 2 N–H and O–H groups in total. The number of fused-ring (bicyclic) bond motifs is 3. The van der Waals surface area contributed by atoms with Gasteiger partial charge in [-0.3, -0.25) is 34.3 Å². The quantitative estimate of drug-likeness (QED) is 0.195. The molecule has 0 bridgehead atoms. The summed E-state index contributed by atoms with van der Waals surface area (Å²) in [6.45, 7) is 7.24. The highest BCUT2D eigenvalue weighted by Crippen LogP contribution is 2.38. The van der Waals surface area contributed by atoms with Crippen LogP contribution >= 0.6 is 0 Å². The largest absolute Gasteiger partial charge is 0.508 e. The number of pyridine rings is 1. The zero-order valence-electron chi connectivity index (χ0n) is 35.0. The molecule has 1 unspecified atom stereocenters. The number of carbonyl (C=O) groups excluding carboxylic acids is 5. The first-order valence-electron chi connectivity index (χ1n) is 21.8. The van der Waals surface area contributed by atoms with E-state index in [2.05, 4.69) is 34.1 Å². The number of piperidine rings is 1. The summed E-state index contributed by atoms with van der Waals surface area (Å²) >= 11 is 0. The molecule has 2 aromatic heterocycles. The summed E-state index contributed by atoms with van der Waals surface area (Å²) in [7, 11) is 0. The molecule has 14 nitrogen and oxygen atoms in total. The lowest BCUT2D eigenvalue weighted by Gasteiger charge is -2.30. The first-order chi connectivity index (χ1) is 30.1. The highest BCUT2D eigenvalue weighted by Gasteiger charge is 2.40. The van der Waals surface area contributed by atoms with Crippen molar-refractivity contribution in [3.8, 4) is 28.3 Å². The van der Waals surface area contributed by atoms with Gasteiger partial charge in [-0.25, -0.2) is 4.98 Å². The van der Waals surface area contributed by atoms with Crippen LogP contribution in [0.5, 0.6) is 5.75 Å². The van der Waals surface area contributed by atoms with Crippen LogP contribution in [0.15, 0.2) is 72.9 Å². The third kappa shape index (κ3) is 8.18. The van der Waals surface area contributed by atoms with Crippen LogP contribution in [0.4, 0.5) is 0 Å². The number of aryl methyl sites for hydroxylation is 1. The maximum atomic E-state index is 12.8. The van der Waals surface area contributed by atoms with Crippen LogP contribution in [0.25, 0.3) is 33.3 Å². The summed E-state index contributed by atoms with van der Waals surface area (Å²) in [5, 5.41) is 14.1. The van der Waals surface area contributed by atoms with E-state index in [1.54, 1.807) is 30.0 Å². The minimum absolute atomic E-state index is 0.0918. The average Bonchev–Trinajstić information content (AvgIpc) is 4.05. The van der Waals surface area contributed by atoms with Crippen LogP contribution in [0.3, 0.4) is 0 Å². The molecule has 1 atom stereocenters. The fourth-order valence-corrected chi connectivity index (χ4v) is 9.57. The Morgan fingerprint density at radius 3 is 2.39 bits per heavy atom. The molecule has 3 fully saturated rings. The molecule has 5 aliphatic rings. The minimum Gasteiger partial charge on any atom is -0.508 e. The zero-order valence-corrected chi connectivity index (χ0v) is 35.0. The number of aromatic nitrogens is 3. The number of phenolic OH excluding ortho intramolecular Hbond substituents is 1. The summed E-state index contributed by atoms with van der Waals surface area (Å²) in [6.07, 6.45) is 7.62. The third-order valence-corrected chi connectivity index (χ3v) is 13.0. The molecule has 0 radical (unpaired) electrons. The Labute approximate surface area is 359 Å². The molecule has 14 heteroatoms. The van der Waals surface area contributed by atoms with E-state index in [1.165, 1.54) is 0 Å². The smallest absolute Gasteiger partial charge is 0.255 e. The van der Waals surface area contributed by atoms with E-state index >= 15 is 0 Å².